The number of amides is 1. The van der Waals surface area contributed by atoms with Gasteiger partial charge in [-0.25, -0.2) is 4.98 Å². The SMILES string of the molecule is CSc1nc(F)nc2c1ncn2CN(C)C(C)=O. The molecule has 0 saturated carbocycles. The van der Waals surface area contributed by atoms with Crippen molar-refractivity contribution in [1.82, 2.24) is 24.4 Å². The second-order valence-electron chi connectivity index (χ2n) is 3.75. The molecule has 8 heteroatoms. The van der Waals surface area contributed by atoms with E-state index in [0.717, 1.165) is 0 Å². The van der Waals surface area contributed by atoms with Gasteiger partial charge in [-0.3, -0.25) is 9.36 Å². The lowest BCUT2D eigenvalue weighted by Crippen LogP contribution is -2.26. The normalized spacial score (nSPS) is 10.9. The molecule has 2 aromatic rings. The van der Waals surface area contributed by atoms with Gasteiger partial charge in [-0.2, -0.15) is 14.4 Å². The summed E-state index contributed by atoms with van der Waals surface area (Å²) >= 11 is 1.30. The second kappa shape index (κ2) is 4.89. The molecule has 0 unspecified atom stereocenters. The minimum atomic E-state index is -0.793. The van der Waals surface area contributed by atoms with Crippen LogP contribution in [0.3, 0.4) is 0 Å². The van der Waals surface area contributed by atoms with Gasteiger partial charge >= 0.3 is 6.08 Å². The molecule has 0 radical (unpaired) electrons. The Hall–Kier alpha value is -1.70. The van der Waals surface area contributed by atoms with Crippen molar-refractivity contribution < 1.29 is 9.18 Å². The number of thioether (sulfide) groups is 1. The Morgan fingerprint density at radius 1 is 1.56 bits per heavy atom. The molecular weight excluding hydrogens is 257 g/mol. The number of fused-ring (bicyclic) bond motifs is 1. The molecule has 0 fully saturated rings. The Morgan fingerprint density at radius 2 is 2.28 bits per heavy atom. The molecule has 0 aliphatic heterocycles. The van der Waals surface area contributed by atoms with Crippen LogP contribution in [0.25, 0.3) is 11.2 Å². The maximum Gasteiger partial charge on any atom is 0.311 e. The van der Waals surface area contributed by atoms with Crippen LogP contribution in [0.2, 0.25) is 0 Å². The summed E-state index contributed by atoms with van der Waals surface area (Å²) in [6.07, 6.45) is 2.53. The molecule has 0 saturated heterocycles. The van der Waals surface area contributed by atoms with Gasteiger partial charge in [-0.1, -0.05) is 0 Å². The van der Waals surface area contributed by atoms with Crippen LogP contribution in [0.5, 0.6) is 0 Å². The highest BCUT2D eigenvalue weighted by atomic mass is 32.2. The lowest BCUT2D eigenvalue weighted by atomic mass is 10.5. The van der Waals surface area contributed by atoms with Crippen molar-refractivity contribution in [3.05, 3.63) is 12.4 Å². The number of hydrogen-bond acceptors (Lipinski definition) is 5. The monoisotopic (exact) mass is 269 g/mol. The average Bonchev–Trinajstić information content (AvgIpc) is 2.71. The van der Waals surface area contributed by atoms with Crippen molar-refractivity contribution in [2.75, 3.05) is 13.3 Å². The first-order valence-corrected chi connectivity index (χ1v) is 6.39. The van der Waals surface area contributed by atoms with Crippen LogP contribution in [0.4, 0.5) is 4.39 Å². The molecule has 96 valence electrons. The van der Waals surface area contributed by atoms with Crippen molar-refractivity contribution in [1.29, 1.82) is 0 Å². The summed E-state index contributed by atoms with van der Waals surface area (Å²) in [4.78, 5) is 24.2. The molecule has 0 N–H and O–H groups in total. The molecule has 2 heterocycles. The zero-order valence-corrected chi connectivity index (χ0v) is 11.0. The van der Waals surface area contributed by atoms with E-state index >= 15 is 0 Å². The van der Waals surface area contributed by atoms with Crippen molar-refractivity contribution in [3.63, 3.8) is 0 Å². The predicted octanol–water partition coefficient (Wildman–Crippen LogP) is 1.12. The van der Waals surface area contributed by atoms with Gasteiger partial charge in [0.25, 0.3) is 0 Å². The second-order valence-corrected chi connectivity index (χ2v) is 4.54. The first kappa shape index (κ1) is 12.7. The Bertz CT molecular complexity index is 599. The molecule has 2 rings (SSSR count). The largest absolute Gasteiger partial charge is 0.328 e. The quantitative estimate of drug-likeness (QED) is 0.474. The van der Waals surface area contributed by atoms with Crippen LogP contribution in [0, 0.1) is 6.08 Å². The van der Waals surface area contributed by atoms with Crippen molar-refractivity contribution in [2.45, 2.75) is 18.6 Å². The van der Waals surface area contributed by atoms with Crippen LogP contribution in [0.15, 0.2) is 11.4 Å². The number of hydrogen-bond donors (Lipinski definition) is 0. The molecule has 0 aromatic carbocycles. The highest BCUT2D eigenvalue weighted by Crippen LogP contribution is 2.21. The molecular formula is C10H12FN5OS. The van der Waals surface area contributed by atoms with Gasteiger partial charge in [-0.05, 0) is 6.26 Å². The maximum atomic E-state index is 13.3. The average molecular weight is 269 g/mol. The number of nitrogens with zero attached hydrogens (tertiary/aromatic N) is 5. The number of carbonyl (C=O) groups is 1. The number of carbonyl (C=O) groups excluding carboxylic acids is 1. The Kier molecular flexibility index (Phi) is 3.46. The highest BCUT2D eigenvalue weighted by Gasteiger charge is 2.14. The summed E-state index contributed by atoms with van der Waals surface area (Å²) in [6, 6.07) is 0. The summed E-state index contributed by atoms with van der Waals surface area (Å²) in [5.41, 5.74) is 0.931. The summed E-state index contributed by atoms with van der Waals surface area (Å²) in [5, 5.41) is 0.488. The smallest absolute Gasteiger partial charge is 0.311 e. The van der Waals surface area contributed by atoms with E-state index in [9.17, 15) is 9.18 Å². The Morgan fingerprint density at radius 3 is 2.89 bits per heavy atom. The van der Waals surface area contributed by atoms with Crippen LogP contribution < -0.4 is 0 Å². The van der Waals surface area contributed by atoms with Gasteiger partial charge in [0.2, 0.25) is 5.91 Å². The van der Waals surface area contributed by atoms with Gasteiger partial charge in [0.05, 0.1) is 13.0 Å². The van der Waals surface area contributed by atoms with Crippen molar-refractivity contribution in [2.24, 2.45) is 0 Å². The number of aromatic nitrogens is 4. The molecule has 0 bridgehead atoms. The van der Waals surface area contributed by atoms with Gasteiger partial charge in [0.1, 0.15) is 10.5 Å². The first-order chi connectivity index (χ1) is 8.52. The third kappa shape index (κ3) is 2.28. The minimum Gasteiger partial charge on any atom is -0.328 e. The molecule has 6 nitrogen and oxygen atoms in total. The zero-order chi connectivity index (χ0) is 13.3. The minimum absolute atomic E-state index is 0.0866. The summed E-state index contributed by atoms with van der Waals surface area (Å²) in [7, 11) is 1.65. The third-order valence-corrected chi connectivity index (χ3v) is 3.17. The van der Waals surface area contributed by atoms with Crippen molar-refractivity contribution >= 4 is 28.8 Å². The lowest BCUT2D eigenvalue weighted by molar-refractivity contribution is -0.128. The van der Waals surface area contributed by atoms with Crippen LogP contribution in [-0.4, -0.2) is 43.6 Å². The van der Waals surface area contributed by atoms with Gasteiger partial charge in [0, 0.05) is 14.0 Å². The van der Waals surface area contributed by atoms with Crippen LogP contribution in [-0.2, 0) is 11.5 Å². The van der Waals surface area contributed by atoms with E-state index in [1.54, 1.807) is 17.9 Å². The summed E-state index contributed by atoms with van der Waals surface area (Å²) in [6.45, 7) is 1.73. The number of rotatable bonds is 3. The Balaban J connectivity index is 2.47. The van der Waals surface area contributed by atoms with E-state index in [2.05, 4.69) is 15.0 Å². The van der Waals surface area contributed by atoms with E-state index in [-0.39, 0.29) is 12.6 Å². The summed E-state index contributed by atoms with van der Waals surface area (Å²) in [5.74, 6) is -0.0866. The maximum absolute atomic E-state index is 13.3. The summed E-state index contributed by atoms with van der Waals surface area (Å²) < 4.78 is 14.9. The fraction of sp³-hybridized carbons (Fsp3) is 0.400. The van der Waals surface area contributed by atoms with Crippen molar-refractivity contribution in [3.8, 4) is 0 Å². The third-order valence-electron chi connectivity index (χ3n) is 2.50. The standard InChI is InChI=1S/C10H12FN5OS/c1-6(17)15(2)5-16-4-12-7-8(16)13-10(11)14-9(7)18-3/h4H,5H2,1-3H3. The van der Waals surface area contributed by atoms with Gasteiger partial charge in [-0.15, -0.1) is 11.8 Å². The Labute approximate surface area is 107 Å². The molecule has 0 aliphatic rings. The lowest BCUT2D eigenvalue weighted by Gasteiger charge is -2.15. The number of imidazole rings is 1. The van der Waals surface area contributed by atoms with E-state index < -0.39 is 6.08 Å². The molecule has 0 aliphatic carbocycles. The van der Waals surface area contributed by atoms with Gasteiger partial charge < -0.3 is 4.90 Å². The molecule has 0 atom stereocenters. The molecule has 18 heavy (non-hydrogen) atoms. The van der Waals surface area contributed by atoms with E-state index in [1.807, 2.05) is 0 Å². The fourth-order valence-corrected chi connectivity index (χ4v) is 1.97. The fourth-order valence-electron chi connectivity index (χ4n) is 1.47. The molecule has 0 spiro atoms. The first-order valence-electron chi connectivity index (χ1n) is 5.17. The zero-order valence-electron chi connectivity index (χ0n) is 10.2. The van der Waals surface area contributed by atoms with Crippen LogP contribution >= 0.6 is 11.8 Å². The predicted molar refractivity (Wildman–Crippen MR) is 65.5 cm³/mol. The highest BCUT2D eigenvalue weighted by molar-refractivity contribution is 7.98. The number of halogens is 1. The molecule has 1 amide bonds. The van der Waals surface area contributed by atoms with E-state index in [0.29, 0.717) is 16.2 Å². The molecule has 2 aromatic heterocycles. The topological polar surface area (TPSA) is 63.9 Å². The van der Waals surface area contributed by atoms with Gasteiger partial charge in [0.15, 0.2) is 5.65 Å². The van der Waals surface area contributed by atoms with E-state index in [1.165, 1.54) is 29.9 Å². The van der Waals surface area contributed by atoms with E-state index in [4.69, 9.17) is 0 Å². The van der Waals surface area contributed by atoms with Crippen LogP contribution in [0.1, 0.15) is 6.92 Å².